The van der Waals surface area contributed by atoms with Gasteiger partial charge in [-0.25, -0.2) is 4.99 Å². The maximum absolute atomic E-state index is 11.2. The van der Waals surface area contributed by atoms with E-state index in [9.17, 15) is 9.59 Å². The quantitative estimate of drug-likeness (QED) is 0.643. The Morgan fingerprint density at radius 1 is 1.19 bits per heavy atom. The fourth-order valence-electron chi connectivity index (χ4n) is 1.75. The van der Waals surface area contributed by atoms with Gasteiger partial charge in [-0.05, 0) is 11.3 Å². The summed E-state index contributed by atoms with van der Waals surface area (Å²) in [4.78, 5) is 25.9. The van der Waals surface area contributed by atoms with Crippen molar-refractivity contribution in [2.24, 2.45) is 4.99 Å². The predicted octanol–water partition coefficient (Wildman–Crippen LogP) is 0.0140. The first-order valence-electron chi connectivity index (χ1n) is 4.51. The number of carbonyl (C=O) groups is 2. The largest absolute Gasteiger partial charge is 0.335 e. The summed E-state index contributed by atoms with van der Waals surface area (Å²) in [6, 6.07) is 3.61. The van der Waals surface area contributed by atoms with E-state index in [4.69, 9.17) is 0 Å². The van der Waals surface area contributed by atoms with Crippen LogP contribution in [0.25, 0.3) is 12.2 Å². The summed E-state index contributed by atoms with van der Waals surface area (Å²) < 4.78 is 0. The first kappa shape index (κ1) is 10.6. The normalized spacial score (nSPS) is 15.2. The Balaban J connectivity index is 0.000000963. The molecule has 4 nitrogen and oxygen atoms in total. The summed E-state index contributed by atoms with van der Waals surface area (Å²) >= 11 is 0. The van der Waals surface area contributed by atoms with Gasteiger partial charge in [-0.3, -0.25) is 9.59 Å². The number of hydrogen-bond acceptors (Lipinski definition) is 2. The Bertz CT molecular complexity index is 647. The Labute approximate surface area is 96.8 Å². The second-order valence-corrected chi connectivity index (χ2v) is 3.36. The third-order valence-corrected chi connectivity index (χ3v) is 2.45. The van der Waals surface area contributed by atoms with Crippen LogP contribution in [0.1, 0.15) is 5.56 Å². The number of allylic oxidation sites excluding steroid dienone is 1. The topological polar surface area (TPSA) is 58.5 Å². The molecule has 5 heteroatoms. The van der Waals surface area contributed by atoms with E-state index >= 15 is 0 Å². The molecule has 1 aliphatic carbocycles. The number of carbonyl (C=O) groups excluding carboxylic acids is 2. The number of anilines is 1. The molecule has 0 atom stereocenters. The van der Waals surface area contributed by atoms with Crippen LogP contribution < -0.4 is 15.9 Å². The van der Waals surface area contributed by atoms with Crippen LogP contribution in [0.15, 0.2) is 23.2 Å². The predicted molar refractivity (Wildman–Crippen MR) is 61.6 cm³/mol. The van der Waals surface area contributed by atoms with Gasteiger partial charge in [-0.1, -0.05) is 24.3 Å². The van der Waals surface area contributed by atoms with E-state index < -0.39 is 11.8 Å². The Morgan fingerprint density at radius 3 is 2.81 bits per heavy atom. The maximum Gasteiger partial charge on any atom is 0.335 e. The van der Waals surface area contributed by atoms with E-state index in [2.05, 4.69) is 10.3 Å². The molecule has 1 N–H and O–H groups in total. The van der Waals surface area contributed by atoms with E-state index in [1.807, 2.05) is 24.3 Å². The van der Waals surface area contributed by atoms with Crippen LogP contribution in [0.5, 0.6) is 0 Å². The Kier molecular flexibility index (Phi) is 2.36. The summed E-state index contributed by atoms with van der Waals surface area (Å²) in [5.41, 5.74) is 1.54. The zero-order chi connectivity index (χ0) is 10.4. The Morgan fingerprint density at radius 2 is 2.00 bits per heavy atom. The number of fused-ring (bicyclic) bond motifs is 3. The molecule has 0 fully saturated rings. The van der Waals surface area contributed by atoms with Gasteiger partial charge in [0.2, 0.25) is 0 Å². The first-order valence-corrected chi connectivity index (χ1v) is 4.51. The second-order valence-electron chi connectivity index (χ2n) is 3.36. The molecule has 1 aromatic rings. The van der Waals surface area contributed by atoms with Gasteiger partial charge >= 0.3 is 11.8 Å². The average Bonchev–Trinajstić information content (AvgIpc) is 2.68. The lowest BCUT2D eigenvalue weighted by Gasteiger charge is -2.10. The van der Waals surface area contributed by atoms with Gasteiger partial charge in [0, 0.05) is 5.56 Å². The number of amides is 2. The van der Waals surface area contributed by atoms with E-state index in [0.717, 1.165) is 10.8 Å². The van der Waals surface area contributed by atoms with Gasteiger partial charge in [-0.15, -0.1) is 12.4 Å². The van der Waals surface area contributed by atoms with Gasteiger partial charge < -0.3 is 5.32 Å². The lowest BCUT2D eigenvalue weighted by atomic mass is 10.1. The standard InChI is InChI=1S/C11H6N2O2.ClH/c14-10-11(15)13-9-7-3-1-2-6(7)4-5-8(9)12-10;/h1-5H,(H,13,15);1H. The van der Waals surface area contributed by atoms with Gasteiger partial charge in [0.05, 0.1) is 11.0 Å². The van der Waals surface area contributed by atoms with E-state index in [1.54, 1.807) is 6.07 Å². The van der Waals surface area contributed by atoms with Crippen LogP contribution in [0.2, 0.25) is 0 Å². The fourth-order valence-corrected chi connectivity index (χ4v) is 1.75. The van der Waals surface area contributed by atoms with Crippen LogP contribution in [-0.4, -0.2) is 11.8 Å². The van der Waals surface area contributed by atoms with Crippen molar-refractivity contribution in [1.82, 2.24) is 0 Å². The SMILES string of the molecule is Cl.O=C1N=c2ccc3c(c2NC1=O)C=CC=3. The summed E-state index contributed by atoms with van der Waals surface area (Å²) in [6.07, 6.45) is 5.73. The van der Waals surface area contributed by atoms with Crippen LogP contribution in [0.3, 0.4) is 0 Å². The molecule has 0 unspecified atom stereocenters. The molecule has 80 valence electrons. The minimum atomic E-state index is -0.742. The van der Waals surface area contributed by atoms with Crippen LogP contribution in [-0.2, 0) is 9.59 Å². The number of nitrogens with one attached hydrogen (secondary N) is 1. The number of hydrogen-bond donors (Lipinski definition) is 1. The molecule has 16 heavy (non-hydrogen) atoms. The number of benzene rings is 1. The maximum atomic E-state index is 11.2. The van der Waals surface area contributed by atoms with E-state index in [0.29, 0.717) is 11.0 Å². The van der Waals surface area contributed by atoms with Crippen molar-refractivity contribution < 1.29 is 9.59 Å². The van der Waals surface area contributed by atoms with E-state index in [1.165, 1.54) is 0 Å². The lowest BCUT2D eigenvalue weighted by Crippen LogP contribution is -2.33. The number of rotatable bonds is 0. The van der Waals surface area contributed by atoms with Crippen LogP contribution in [0.4, 0.5) is 5.69 Å². The smallest absolute Gasteiger partial charge is 0.315 e. The molecule has 0 aromatic heterocycles. The molecule has 1 heterocycles. The molecular formula is C11H7ClN2O2. The van der Waals surface area contributed by atoms with Gasteiger partial charge in [0.15, 0.2) is 0 Å². The van der Waals surface area contributed by atoms with E-state index in [-0.39, 0.29) is 12.4 Å². The average molecular weight is 235 g/mol. The molecular weight excluding hydrogens is 228 g/mol. The van der Waals surface area contributed by atoms with Crippen molar-refractivity contribution in [2.75, 3.05) is 5.32 Å². The molecule has 0 spiro atoms. The van der Waals surface area contributed by atoms with Crippen molar-refractivity contribution in [1.29, 1.82) is 0 Å². The zero-order valence-electron chi connectivity index (χ0n) is 8.06. The minimum absolute atomic E-state index is 0. The van der Waals surface area contributed by atoms with Gasteiger partial charge in [0.1, 0.15) is 0 Å². The van der Waals surface area contributed by atoms with Crippen molar-refractivity contribution in [3.05, 3.63) is 34.3 Å². The highest BCUT2D eigenvalue weighted by Crippen LogP contribution is 2.13. The molecule has 0 saturated heterocycles. The molecule has 2 aliphatic rings. The second kappa shape index (κ2) is 3.57. The van der Waals surface area contributed by atoms with Crippen LogP contribution >= 0.6 is 12.4 Å². The highest BCUT2D eigenvalue weighted by molar-refractivity contribution is 6.41. The lowest BCUT2D eigenvalue weighted by molar-refractivity contribution is -0.134. The van der Waals surface area contributed by atoms with Gasteiger partial charge in [0.25, 0.3) is 0 Å². The van der Waals surface area contributed by atoms with Crippen molar-refractivity contribution >= 4 is 42.1 Å². The van der Waals surface area contributed by atoms with Crippen molar-refractivity contribution in [2.45, 2.75) is 0 Å². The highest BCUT2D eigenvalue weighted by Gasteiger charge is 2.21. The molecule has 0 radical (unpaired) electrons. The van der Waals surface area contributed by atoms with Crippen molar-refractivity contribution in [3.8, 4) is 0 Å². The molecule has 0 saturated carbocycles. The molecule has 1 aliphatic heterocycles. The number of halogens is 1. The third-order valence-electron chi connectivity index (χ3n) is 2.45. The summed E-state index contributed by atoms with van der Waals surface area (Å²) in [5, 5.41) is 4.11. The molecule has 1 aromatic carbocycles. The van der Waals surface area contributed by atoms with Gasteiger partial charge in [-0.2, -0.15) is 0 Å². The minimum Gasteiger partial charge on any atom is -0.315 e. The van der Waals surface area contributed by atoms with Crippen molar-refractivity contribution in [3.63, 3.8) is 0 Å². The van der Waals surface area contributed by atoms with Crippen LogP contribution in [0, 0.1) is 0 Å². The molecule has 2 amide bonds. The highest BCUT2D eigenvalue weighted by atomic mass is 35.5. The molecule has 0 bridgehead atoms. The monoisotopic (exact) mass is 234 g/mol. The Hall–Kier alpha value is -1.94. The number of nitrogens with zero attached hydrogens (tertiary/aromatic N) is 1. The third kappa shape index (κ3) is 1.35. The molecule has 3 rings (SSSR count). The summed E-state index contributed by atoms with van der Waals surface area (Å²) in [7, 11) is 0. The first-order chi connectivity index (χ1) is 7.25. The zero-order valence-corrected chi connectivity index (χ0v) is 8.88. The fraction of sp³-hybridized carbons (Fsp3) is 0. The summed E-state index contributed by atoms with van der Waals surface area (Å²) in [5.74, 6) is -1.41. The summed E-state index contributed by atoms with van der Waals surface area (Å²) in [6.45, 7) is 0.